The average molecular weight is 573 g/mol. The highest BCUT2D eigenvalue weighted by molar-refractivity contribution is 7.89. The Morgan fingerprint density at radius 3 is 2.51 bits per heavy atom. The summed E-state index contributed by atoms with van der Waals surface area (Å²) in [5.74, 6) is 5.73. The highest BCUT2D eigenvalue weighted by Gasteiger charge is 2.39. The summed E-state index contributed by atoms with van der Waals surface area (Å²) in [5.41, 5.74) is 1.34. The minimum Gasteiger partial charge on any atom is -0.487 e. The first-order valence-corrected chi connectivity index (χ1v) is 15.3. The van der Waals surface area contributed by atoms with Gasteiger partial charge in [-0.15, -0.1) is 0 Å². The molecule has 2 heterocycles. The molecule has 1 N–H and O–H groups in total. The van der Waals surface area contributed by atoms with Gasteiger partial charge in [0.15, 0.2) is 5.03 Å². The van der Waals surface area contributed by atoms with Crippen molar-refractivity contribution in [3.63, 3.8) is 0 Å². The van der Waals surface area contributed by atoms with Crippen molar-refractivity contribution < 1.29 is 26.7 Å². The van der Waals surface area contributed by atoms with Gasteiger partial charge >= 0.3 is 0 Å². The van der Waals surface area contributed by atoms with Gasteiger partial charge < -0.3 is 14.4 Å². The van der Waals surface area contributed by atoms with Crippen LogP contribution in [-0.4, -0.2) is 79.0 Å². The molecule has 2 aromatic carbocycles. The Kier molecular flexibility index (Phi) is 8.48. The Morgan fingerprint density at radius 1 is 1.18 bits per heavy atom. The highest BCUT2D eigenvalue weighted by Crippen LogP contribution is 2.34. The second-order valence-electron chi connectivity index (χ2n) is 9.68. The minimum absolute atomic E-state index is 0.0290. The molecule has 208 valence electrons. The second-order valence-corrected chi connectivity index (χ2v) is 13.5. The number of sulfonamides is 2. The van der Waals surface area contributed by atoms with Crippen molar-refractivity contribution in [3.8, 4) is 17.6 Å². The van der Waals surface area contributed by atoms with E-state index in [9.17, 15) is 21.9 Å². The summed E-state index contributed by atoms with van der Waals surface area (Å²) in [4.78, 5) is 3.91. The number of benzene rings is 2. The van der Waals surface area contributed by atoms with Crippen molar-refractivity contribution in [2.75, 3.05) is 26.7 Å². The van der Waals surface area contributed by atoms with Gasteiger partial charge in [-0.1, -0.05) is 37.0 Å². The molecule has 0 bridgehead atoms. The number of nitrogens with zero attached hydrogens (tertiary/aromatic N) is 4. The van der Waals surface area contributed by atoms with Crippen LogP contribution < -0.4 is 4.74 Å². The van der Waals surface area contributed by atoms with Gasteiger partial charge in [-0.25, -0.2) is 21.8 Å². The first-order chi connectivity index (χ1) is 18.4. The molecule has 1 aromatic heterocycles. The fourth-order valence-corrected chi connectivity index (χ4v) is 7.19. The molecule has 0 spiro atoms. The van der Waals surface area contributed by atoms with Crippen LogP contribution >= 0.6 is 0 Å². The smallest absolute Gasteiger partial charge is 0.261 e. The second kappa shape index (κ2) is 11.5. The van der Waals surface area contributed by atoms with Crippen molar-refractivity contribution in [2.45, 2.75) is 35.9 Å². The summed E-state index contributed by atoms with van der Waals surface area (Å²) in [5, 5.41) is 9.74. The number of aliphatic hydroxyl groups is 1. The third-order valence-corrected chi connectivity index (χ3v) is 10.3. The molecule has 0 unspecified atom stereocenters. The number of rotatable bonds is 6. The normalized spacial score (nSPS) is 20.2. The molecule has 4 rings (SSSR count). The lowest BCUT2D eigenvalue weighted by molar-refractivity contribution is 0.0904. The van der Waals surface area contributed by atoms with Crippen molar-refractivity contribution in [1.29, 1.82) is 0 Å². The van der Waals surface area contributed by atoms with Crippen molar-refractivity contribution in [2.24, 2.45) is 13.0 Å². The first-order valence-electron chi connectivity index (χ1n) is 12.4. The van der Waals surface area contributed by atoms with Crippen LogP contribution in [0.5, 0.6) is 5.75 Å². The number of hydrogen-bond acceptors (Lipinski definition) is 7. The van der Waals surface area contributed by atoms with Crippen LogP contribution in [0.3, 0.4) is 0 Å². The largest absolute Gasteiger partial charge is 0.487 e. The van der Waals surface area contributed by atoms with Crippen molar-refractivity contribution in [1.82, 2.24) is 18.2 Å². The molecule has 0 fully saturated rings. The molecule has 3 aromatic rings. The number of likely N-dealkylation sites (N-methyl/N-ethyl adjacent to an activating group) is 1. The van der Waals surface area contributed by atoms with E-state index in [0.717, 1.165) is 9.87 Å². The molecule has 0 saturated carbocycles. The van der Waals surface area contributed by atoms with Gasteiger partial charge in [-0.05, 0) is 37.3 Å². The predicted molar refractivity (Wildman–Crippen MR) is 146 cm³/mol. The monoisotopic (exact) mass is 572 g/mol. The molecular formula is C27H32N4O6S2. The molecule has 0 saturated heterocycles. The standard InChI is InChI=1S/C27H32N4O6S2/c1-20-15-31(21(2)18-32)38(33,34)26-13-12-23(11-10-22-8-6-5-7-9-22)14-24(26)37-25(20)16-30(4)39(35,36)27-17-29(3)19-28-27/h5-9,12-14,17,19-21,25,32H,15-16,18H2,1-4H3/t20-,21-,25-/m1/s1. The van der Waals surface area contributed by atoms with Gasteiger partial charge in [0, 0.05) is 49.9 Å². The first kappa shape index (κ1) is 28.8. The maximum atomic E-state index is 13.7. The van der Waals surface area contributed by atoms with Crippen LogP contribution in [0.25, 0.3) is 0 Å². The molecule has 1 aliphatic heterocycles. The fourth-order valence-electron chi connectivity index (χ4n) is 4.22. The van der Waals surface area contributed by atoms with Gasteiger partial charge in [0.2, 0.25) is 10.0 Å². The van der Waals surface area contributed by atoms with Crippen LogP contribution in [0.2, 0.25) is 0 Å². The molecule has 0 radical (unpaired) electrons. The van der Waals surface area contributed by atoms with Gasteiger partial charge in [-0.2, -0.15) is 8.61 Å². The highest BCUT2D eigenvalue weighted by atomic mass is 32.2. The molecule has 0 amide bonds. The Morgan fingerprint density at radius 2 is 1.87 bits per heavy atom. The Labute approximate surface area is 230 Å². The summed E-state index contributed by atoms with van der Waals surface area (Å²) >= 11 is 0. The zero-order valence-corrected chi connectivity index (χ0v) is 23.9. The van der Waals surface area contributed by atoms with E-state index in [1.165, 1.54) is 29.9 Å². The van der Waals surface area contributed by atoms with E-state index in [1.54, 1.807) is 37.6 Å². The SMILES string of the molecule is C[C@@H]1CN([C@H](C)CO)S(=O)(=O)c2ccc(C#Cc3ccccc3)cc2O[C@@H]1CN(C)S(=O)(=O)c1cn(C)cn1. The lowest BCUT2D eigenvalue weighted by Gasteiger charge is -2.37. The van der Waals surface area contributed by atoms with E-state index in [2.05, 4.69) is 16.8 Å². The van der Waals surface area contributed by atoms with Gasteiger partial charge in [0.05, 0.1) is 19.5 Å². The van der Waals surface area contributed by atoms with Gasteiger partial charge in [0.25, 0.3) is 10.0 Å². The number of hydrogen-bond donors (Lipinski definition) is 1. The predicted octanol–water partition coefficient (Wildman–Crippen LogP) is 1.91. The van der Waals surface area contributed by atoms with E-state index in [1.807, 2.05) is 30.3 Å². The minimum atomic E-state index is -4.04. The van der Waals surface area contributed by atoms with Crippen molar-refractivity contribution in [3.05, 3.63) is 72.2 Å². The molecular weight excluding hydrogens is 540 g/mol. The number of imidazole rings is 1. The summed E-state index contributed by atoms with van der Waals surface area (Å²) in [7, 11) is -4.84. The third-order valence-electron chi connectivity index (χ3n) is 6.58. The lowest BCUT2D eigenvalue weighted by atomic mass is 10.0. The van der Waals surface area contributed by atoms with Gasteiger partial charge in [-0.3, -0.25) is 0 Å². The summed E-state index contributed by atoms with van der Waals surface area (Å²) < 4.78 is 63.9. The van der Waals surface area contributed by atoms with Crippen molar-refractivity contribution >= 4 is 20.0 Å². The van der Waals surface area contributed by atoms with E-state index in [0.29, 0.717) is 5.56 Å². The summed E-state index contributed by atoms with van der Waals surface area (Å²) in [6.45, 7) is 3.02. The summed E-state index contributed by atoms with van der Waals surface area (Å²) in [6, 6.07) is 13.3. The van der Waals surface area contributed by atoms with Crippen LogP contribution in [0, 0.1) is 17.8 Å². The van der Waals surface area contributed by atoms with Crippen LogP contribution in [0.1, 0.15) is 25.0 Å². The molecule has 0 aliphatic carbocycles. The Balaban J connectivity index is 1.74. The number of aromatic nitrogens is 2. The topological polar surface area (TPSA) is 122 Å². The summed E-state index contributed by atoms with van der Waals surface area (Å²) in [6.07, 6.45) is 2.11. The van der Waals surface area contributed by atoms with E-state index in [4.69, 9.17) is 4.74 Å². The number of aryl methyl sites for hydroxylation is 1. The lowest BCUT2D eigenvalue weighted by Crippen LogP contribution is -2.50. The van der Waals surface area contributed by atoms with Gasteiger partial charge in [0.1, 0.15) is 16.7 Å². The number of fused-ring (bicyclic) bond motifs is 1. The Bertz CT molecular complexity index is 1590. The average Bonchev–Trinajstić information content (AvgIpc) is 3.36. The number of aliphatic hydroxyl groups excluding tert-OH is 1. The fraction of sp³-hybridized carbons (Fsp3) is 0.370. The van der Waals surface area contributed by atoms with E-state index >= 15 is 0 Å². The molecule has 39 heavy (non-hydrogen) atoms. The van der Waals surface area contributed by atoms with E-state index in [-0.39, 0.29) is 35.4 Å². The zero-order chi connectivity index (χ0) is 28.4. The zero-order valence-electron chi connectivity index (χ0n) is 22.2. The molecule has 1 aliphatic rings. The number of ether oxygens (including phenoxy) is 1. The van der Waals surface area contributed by atoms with Crippen LogP contribution in [-0.2, 0) is 27.1 Å². The third kappa shape index (κ3) is 6.18. The van der Waals surface area contributed by atoms with Crippen LogP contribution in [0.4, 0.5) is 0 Å². The quantitative estimate of drug-likeness (QED) is 0.448. The maximum Gasteiger partial charge on any atom is 0.261 e. The Hall–Kier alpha value is -3.21. The maximum absolute atomic E-state index is 13.7. The van der Waals surface area contributed by atoms with E-state index < -0.39 is 38.1 Å². The van der Waals surface area contributed by atoms with Crippen LogP contribution in [0.15, 0.2) is 71.0 Å². The molecule has 3 atom stereocenters. The molecule has 12 heteroatoms. The molecule has 10 nitrogen and oxygen atoms in total.